The minimum Gasteiger partial charge on any atom is -0.306 e. The van der Waals surface area contributed by atoms with Crippen LogP contribution in [0.15, 0.2) is 36.7 Å². The summed E-state index contributed by atoms with van der Waals surface area (Å²) in [7, 11) is 0. The summed E-state index contributed by atoms with van der Waals surface area (Å²) in [6, 6.07) is 7.22. The summed E-state index contributed by atoms with van der Waals surface area (Å²) in [6.45, 7) is 0. The van der Waals surface area contributed by atoms with E-state index < -0.39 is 0 Å². The molecule has 17 heavy (non-hydrogen) atoms. The lowest BCUT2D eigenvalue weighted by Gasteiger charge is -1.96. The van der Waals surface area contributed by atoms with Crippen molar-refractivity contribution in [3.63, 3.8) is 0 Å². The molecule has 0 aliphatic carbocycles. The zero-order valence-corrected chi connectivity index (χ0v) is 10.0. The van der Waals surface area contributed by atoms with Crippen molar-refractivity contribution in [3.05, 3.63) is 47.0 Å². The van der Waals surface area contributed by atoms with E-state index in [-0.39, 0.29) is 0 Å². The lowest BCUT2D eigenvalue weighted by Crippen LogP contribution is -1.89. The predicted molar refractivity (Wildman–Crippen MR) is 66.2 cm³/mol. The van der Waals surface area contributed by atoms with Gasteiger partial charge in [-0.05, 0) is 12.1 Å². The van der Waals surface area contributed by atoms with Gasteiger partial charge >= 0.3 is 0 Å². The molecule has 4 nitrogen and oxygen atoms in total. The molecule has 6 heteroatoms. The van der Waals surface area contributed by atoms with E-state index >= 15 is 0 Å². The van der Waals surface area contributed by atoms with Crippen molar-refractivity contribution in [2.45, 2.75) is 0 Å². The highest BCUT2D eigenvalue weighted by Gasteiger charge is 2.08. The predicted octanol–water partition coefficient (Wildman–Crippen LogP) is 3.10. The van der Waals surface area contributed by atoms with Crippen LogP contribution in [0.25, 0.3) is 17.2 Å². The van der Waals surface area contributed by atoms with E-state index in [0.29, 0.717) is 21.8 Å². The summed E-state index contributed by atoms with van der Waals surface area (Å²) in [5.74, 6) is 0.422. The topological polar surface area (TPSA) is 43.1 Å². The average molecular weight is 265 g/mol. The van der Waals surface area contributed by atoms with Gasteiger partial charge in [-0.2, -0.15) is 0 Å². The highest BCUT2D eigenvalue weighted by Crippen LogP contribution is 2.19. The van der Waals surface area contributed by atoms with E-state index in [0.717, 1.165) is 5.65 Å². The molecule has 0 N–H and O–H groups in total. The molecular weight excluding hydrogens is 259 g/mol. The lowest BCUT2D eigenvalue weighted by molar-refractivity contribution is 1.15. The molecule has 0 fully saturated rings. The van der Waals surface area contributed by atoms with Crippen LogP contribution < -0.4 is 0 Å². The van der Waals surface area contributed by atoms with Crippen LogP contribution in [0, 0.1) is 0 Å². The van der Waals surface area contributed by atoms with Crippen LogP contribution in [0.1, 0.15) is 0 Å². The number of rotatable bonds is 1. The summed E-state index contributed by atoms with van der Waals surface area (Å²) in [5.41, 5.74) is 1.46. The standard InChI is InChI=1S/C11H6Cl2N4/c12-8-5-9(13)16-11(15-8)7-6-17-4-2-1-3-10(17)14-7/h1-6H. The van der Waals surface area contributed by atoms with Gasteiger partial charge < -0.3 is 4.40 Å². The van der Waals surface area contributed by atoms with Crippen molar-refractivity contribution in [1.29, 1.82) is 0 Å². The third kappa shape index (κ3) is 1.97. The van der Waals surface area contributed by atoms with Crippen molar-refractivity contribution in [2.24, 2.45) is 0 Å². The number of nitrogens with zero attached hydrogens (tertiary/aromatic N) is 4. The first-order valence-corrected chi connectivity index (χ1v) is 5.62. The third-order valence-corrected chi connectivity index (χ3v) is 2.64. The molecule has 3 aromatic rings. The molecule has 0 saturated carbocycles. The molecule has 0 amide bonds. The van der Waals surface area contributed by atoms with Gasteiger partial charge in [0, 0.05) is 18.5 Å². The first kappa shape index (κ1) is 10.5. The molecule has 0 atom stereocenters. The van der Waals surface area contributed by atoms with E-state index in [4.69, 9.17) is 23.2 Å². The normalized spacial score (nSPS) is 10.9. The van der Waals surface area contributed by atoms with Crippen LogP contribution in [-0.4, -0.2) is 19.4 Å². The molecule has 0 aromatic carbocycles. The van der Waals surface area contributed by atoms with Gasteiger partial charge in [-0.3, -0.25) is 0 Å². The maximum atomic E-state index is 5.83. The Morgan fingerprint density at radius 3 is 2.47 bits per heavy atom. The van der Waals surface area contributed by atoms with Crippen molar-refractivity contribution < 1.29 is 0 Å². The second-order valence-corrected chi connectivity index (χ2v) is 4.20. The SMILES string of the molecule is Clc1cc(Cl)nc(-c2cn3ccccc3n2)n1. The van der Waals surface area contributed by atoms with Crippen LogP contribution in [0.2, 0.25) is 10.3 Å². The van der Waals surface area contributed by atoms with Gasteiger partial charge in [0.25, 0.3) is 0 Å². The molecule has 0 unspecified atom stereocenters. The Balaban J connectivity index is 2.20. The van der Waals surface area contributed by atoms with Crippen molar-refractivity contribution in [1.82, 2.24) is 19.4 Å². The Morgan fingerprint density at radius 1 is 1.00 bits per heavy atom. The van der Waals surface area contributed by atoms with Crippen LogP contribution in [0.5, 0.6) is 0 Å². The Kier molecular flexibility index (Phi) is 2.46. The largest absolute Gasteiger partial charge is 0.306 e. The first-order chi connectivity index (χ1) is 8.22. The quantitative estimate of drug-likeness (QED) is 0.635. The molecule has 3 rings (SSSR count). The fourth-order valence-electron chi connectivity index (χ4n) is 1.55. The summed E-state index contributed by atoms with van der Waals surface area (Å²) >= 11 is 11.7. The lowest BCUT2D eigenvalue weighted by atomic mass is 10.4. The average Bonchev–Trinajstić information content (AvgIpc) is 2.71. The Hall–Kier alpha value is -1.65. The summed E-state index contributed by atoms with van der Waals surface area (Å²) in [6.07, 6.45) is 3.73. The van der Waals surface area contributed by atoms with E-state index in [1.807, 2.05) is 35.0 Å². The van der Waals surface area contributed by atoms with Crippen LogP contribution >= 0.6 is 23.2 Å². The summed E-state index contributed by atoms with van der Waals surface area (Å²) in [4.78, 5) is 12.6. The number of imidazole rings is 1. The number of fused-ring (bicyclic) bond motifs is 1. The molecule has 3 heterocycles. The first-order valence-electron chi connectivity index (χ1n) is 4.86. The molecule has 0 aliphatic rings. The van der Waals surface area contributed by atoms with E-state index in [2.05, 4.69) is 15.0 Å². The van der Waals surface area contributed by atoms with E-state index in [9.17, 15) is 0 Å². The molecule has 0 spiro atoms. The van der Waals surface area contributed by atoms with Gasteiger partial charge in [-0.1, -0.05) is 29.3 Å². The summed E-state index contributed by atoms with van der Waals surface area (Å²) in [5, 5.41) is 0.606. The Bertz CT molecular complexity index is 640. The molecular formula is C11H6Cl2N4. The molecule has 3 aromatic heterocycles. The van der Waals surface area contributed by atoms with Crippen LogP contribution in [0.4, 0.5) is 0 Å². The minimum absolute atomic E-state index is 0.303. The zero-order chi connectivity index (χ0) is 11.8. The fraction of sp³-hybridized carbons (Fsp3) is 0. The number of aromatic nitrogens is 4. The second kappa shape index (κ2) is 3.98. The highest BCUT2D eigenvalue weighted by atomic mass is 35.5. The van der Waals surface area contributed by atoms with Crippen molar-refractivity contribution in [3.8, 4) is 11.5 Å². The van der Waals surface area contributed by atoms with Gasteiger partial charge in [-0.15, -0.1) is 0 Å². The van der Waals surface area contributed by atoms with Gasteiger partial charge in [0.05, 0.1) is 0 Å². The molecule has 0 bridgehead atoms. The monoisotopic (exact) mass is 264 g/mol. The van der Waals surface area contributed by atoms with Crippen molar-refractivity contribution >= 4 is 28.8 Å². The Labute approximate surface area is 107 Å². The number of halogens is 2. The number of pyridine rings is 1. The molecule has 0 aliphatic heterocycles. The maximum absolute atomic E-state index is 5.83. The smallest absolute Gasteiger partial charge is 0.182 e. The van der Waals surface area contributed by atoms with Crippen LogP contribution in [0.3, 0.4) is 0 Å². The van der Waals surface area contributed by atoms with E-state index in [1.165, 1.54) is 6.07 Å². The molecule has 0 radical (unpaired) electrons. The molecule has 0 saturated heterocycles. The highest BCUT2D eigenvalue weighted by molar-refractivity contribution is 6.33. The minimum atomic E-state index is 0.303. The second-order valence-electron chi connectivity index (χ2n) is 3.43. The van der Waals surface area contributed by atoms with E-state index in [1.54, 1.807) is 0 Å². The third-order valence-electron chi connectivity index (χ3n) is 2.26. The summed E-state index contributed by atoms with van der Waals surface area (Å²) < 4.78 is 1.88. The van der Waals surface area contributed by atoms with Gasteiger partial charge in [0.2, 0.25) is 0 Å². The molecule has 84 valence electrons. The van der Waals surface area contributed by atoms with Gasteiger partial charge in [-0.25, -0.2) is 15.0 Å². The Morgan fingerprint density at radius 2 is 1.76 bits per heavy atom. The van der Waals surface area contributed by atoms with Gasteiger partial charge in [0.1, 0.15) is 21.6 Å². The van der Waals surface area contributed by atoms with Crippen LogP contribution in [-0.2, 0) is 0 Å². The van der Waals surface area contributed by atoms with Gasteiger partial charge in [0.15, 0.2) is 5.82 Å². The van der Waals surface area contributed by atoms with Crippen molar-refractivity contribution in [2.75, 3.05) is 0 Å². The maximum Gasteiger partial charge on any atom is 0.182 e. The zero-order valence-electron chi connectivity index (χ0n) is 8.51. The number of hydrogen-bond acceptors (Lipinski definition) is 3. The fourth-order valence-corrected chi connectivity index (χ4v) is 1.97. The number of hydrogen-bond donors (Lipinski definition) is 0.